The molecule has 17 heavy (non-hydrogen) atoms. The van der Waals surface area contributed by atoms with Gasteiger partial charge in [-0.3, -0.25) is 9.45 Å². The van der Waals surface area contributed by atoms with Crippen LogP contribution in [0.4, 0.5) is 4.39 Å². The highest BCUT2D eigenvalue weighted by molar-refractivity contribution is 7.85. The van der Waals surface area contributed by atoms with Crippen molar-refractivity contribution in [2.24, 2.45) is 0 Å². The Kier molecular flexibility index (Phi) is 5.04. The molecule has 0 amide bonds. The van der Waals surface area contributed by atoms with Crippen LogP contribution >= 0.6 is 0 Å². The average Bonchev–Trinajstić information content (AvgIpc) is 2.16. The van der Waals surface area contributed by atoms with Gasteiger partial charge in [-0.05, 0) is 25.5 Å². The number of nitrogens with zero attached hydrogens (tertiary/aromatic N) is 1. The van der Waals surface area contributed by atoms with Crippen LogP contribution in [0.3, 0.4) is 0 Å². The van der Waals surface area contributed by atoms with Gasteiger partial charge in [-0.15, -0.1) is 0 Å². The van der Waals surface area contributed by atoms with Gasteiger partial charge in [-0.25, -0.2) is 4.39 Å². The van der Waals surface area contributed by atoms with Crippen molar-refractivity contribution >= 4 is 10.1 Å². The number of aryl methyl sites for hydroxylation is 1. The summed E-state index contributed by atoms with van der Waals surface area (Å²) in [6.07, 6.45) is 1.18. The van der Waals surface area contributed by atoms with Crippen LogP contribution < -0.4 is 0 Å². The first kappa shape index (κ1) is 14.1. The third-order valence-corrected chi connectivity index (χ3v) is 3.30. The Morgan fingerprint density at radius 2 is 1.82 bits per heavy atom. The average molecular weight is 261 g/mol. The molecule has 1 aromatic carbocycles. The van der Waals surface area contributed by atoms with Crippen LogP contribution in [0.25, 0.3) is 0 Å². The van der Waals surface area contributed by atoms with Crippen molar-refractivity contribution in [1.29, 1.82) is 0 Å². The molecule has 1 N–H and O–H groups in total. The van der Waals surface area contributed by atoms with Gasteiger partial charge in [0.05, 0.1) is 4.90 Å². The molecule has 0 spiro atoms. The Hall–Kier alpha value is -0.980. The highest BCUT2D eigenvalue weighted by Crippen LogP contribution is 2.08. The number of halogens is 1. The van der Waals surface area contributed by atoms with Crippen molar-refractivity contribution in [3.05, 3.63) is 29.8 Å². The molecule has 2 rings (SSSR count). The number of hydrogen-bond acceptors (Lipinski definition) is 3. The monoisotopic (exact) mass is 261 g/mol. The predicted molar refractivity (Wildman–Crippen MR) is 63.2 cm³/mol. The van der Waals surface area contributed by atoms with E-state index in [1.807, 2.05) is 6.92 Å². The summed E-state index contributed by atoms with van der Waals surface area (Å²) >= 11 is 0. The fourth-order valence-corrected chi connectivity index (χ4v) is 1.69. The maximum atomic E-state index is 11.4. The van der Waals surface area contributed by atoms with E-state index in [2.05, 4.69) is 0 Å². The van der Waals surface area contributed by atoms with Gasteiger partial charge in [0.1, 0.15) is 6.80 Å². The molecule has 6 heteroatoms. The first-order chi connectivity index (χ1) is 7.93. The lowest BCUT2D eigenvalue weighted by atomic mass is 10.2. The largest absolute Gasteiger partial charge is 0.294 e. The summed E-state index contributed by atoms with van der Waals surface area (Å²) in [5.74, 6) is 0. The zero-order valence-electron chi connectivity index (χ0n) is 9.63. The van der Waals surface area contributed by atoms with Crippen LogP contribution in [0.1, 0.15) is 12.0 Å². The highest BCUT2D eigenvalue weighted by Gasteiger charge is 2.10. The molecule has 0 saturated carbocycles. The molecule has 0 unspecified atom stereocenters. The molecule has 0 atom stereocenters. The lowest BCUT2D eigenvalue weighted by Gasteiger charge is -2.26. The standard InChI is InChI=1S/C7H8O3S.C4H8FN/c1-6-2-4-7(5-3-6)11(8,9)10;5-4-6-2-1-3-6/h2-5H,1H3,(H,8,9,10);1-4H2. The minimum absolute atomic E-state index is 0.0666. The number of rotatable bonds is 2. The lowest BCUT2D eigenvalue weighted by molar-refractivity contribution is 0.116. The summed E-state index contributed by atoms with van der Waals surface area (Å²) in [5.41, 5.74) is 0.956. The molecule has 1 aliphatic heterocycles. The van der Waals surface area contributed by atoms with Crippen LogP contribution in [0.2, 0.25) is 0 Å². The topological polar surface area (TPSA) is 57.6 Å². The molecular weight excluding hydrogens is 245 g/mol. The number of benzene rings is 1. The molecule has 0 bridgehead atoms. The first-order valence-electron chi connectivity index (χ1n) is 5.26. The number of hydrogen-bond donors (Lipinski definition) is 1. The van der Waals surface area contributed by atoms with Gasteiger partial charge in [-0.2, -0.15) is 8.42 Å². The fraction of sp³-hybridized carbons (Fsp3) is 0.455. The van der Waals surface area contributed by atoms with E-state index in [1.165, 1.54) is 18.6 Å². The van der Waals surface area contributed by atoms with E-state index in [1.54, 1.807) is 17.0 Å². The Balaban J connectivity index is 0.000000202. The number of likely N-dealkylation sites (tertiary alicyclic amines) is 1. The second-order valence-electron chi connectivity index (χ2n) is 3.88. The second kappa shape index (κ2) is 6.09. The Labute approximate surface area is 101 Å². The van der Waals surface area contributed by atoms with Gasteiger partial charge in [0.15, 0.2) is 0 Å². The molecule has 96 valence electrons. The maximum absolute atomic E-state index is 11.4. The lowest BCUT2D eigenvalue weighted by Crippen LogP contribution is -2.35. The first-order valence-corrected chi connectivity index (χ1v) is 6.70. The molecule has 1 aromatic rings. The van der Waals surface area contributed by atoms with E-state index in [0.717, 1.165) is 18.7 Å². The molecule has 1 heterocycles. The molecule has 1 saturated heterocycles. The Morgan fingerprint density at radius 1 is 1.29 bits per heavy atom. The van der Waals surface area contributed by atoms with Crippen molar-refractivity contribution in [3.8, 4) is 0 Å². The highest BCUT2D eigenvalue weighted by atomic mass is 32.2. The molecule has 0 aromatic heterocycles. The van der Waals surface area contributed by atoms with Crippen LogP contribution in [0.15, 0.2) is 29.2 Å². The minimum atomic E-state index is -4.02. The third kappa shape index (κ3) is 4.80. The molecule has 0 radical (unpaired) electrons. The summed E-state index contributed by atoms with van der Waals surface area (Å²) in [6.45, 7) is 3.53. The fourth-order valence-electron chi connectivity index (χ4n) is 1.21. The van der Waals surface area contributed by atoms with Crippen LogP contribution in [0, 0.1) is 6.92 Å². The van der Waals surface area contributed by atoms with Gasteiger partial charge < -0.3 is 0 Å². The van der Waals surface area contributed by atoms with E-state index in [9.17, 15) is 12.8 Å². The number of alkyl halides is 1. The van der Waals surface area contributed by atoms with E-state index in [4.69, 9.17) is 4.55 Å². The van der Waals surface area contributed by atoms with E-state index in [-0.39, 0.29) is 11.7 Å². The van der Waals surface area contributed by atoms with E-state index in [0.29, 0.717) is 0 Å². The van der Waals surface area contributed by atoms with E-state index >= 15 is 0 Å². The van der Waals surface area contributed by atoms with Crippen molar-refractivity contribution in [3.63, 3.8) is 0 Å². The quantitative estimate of drug-likeness (QED) is 0.652. The zero-order valence-corrected chi connectivity index (χ0v) is 10.5. The van der Waals surface area contributed by atoms with Gasteiger partial charge in [0.25, 0.3) is 10.1 Å². The molecule has 1 fully saturated rings. The Morgan fingerprint density at radius 3 is 2.06 bits per heavy atom. The summed E-state index contributed by atoms with van der Waals surface area (Å²) in [7, 11) is -4.02. The van der Waals surface area contributed by atoms with Crippen molar-refractivity contribution in [1.82, 2.24) is 4.90 Å². The summed E-state index contributed by atoms with van der Waals surface area (Å²) < 4.78 is 40.9. The van der Waals surface area contributed by atoms with Crippen LogP contribution in [0.5, 0.6) is 0 Å². The normalized spacial score (nSPS) is 15.7. The zero-order chi connectivity index (χ0) is 12.9. The van der Waals surface area contributed by atoms with Crippen molar-refractivity contribution in [2.75, 3.05) is 19.9 Å². The van der Waals surface area contributed by atoms with Gasteiger partial charge in [-0.1, -0.05) is 17.7 Å². The third-order valence-electron chi connectivity index (χ3n) is 2.44. The predicted octanol–water partition coefficient (Wildman–Crippen LogP) is 1.86. The maximum Gasteiger partial charge on any atom is 0.294 e. The minimum Gasteiger partial charge on any atom is -0.282 e. The summed E-state index contributed by atoms with van der Waals surface area (Å²) in [4.78, 5) is 1.70. The SMILES string of the molecule is Cc1ccc(S(=O)(=O)O)cc1.FCN1CCC1. The molecule has 1 aliphatic rings. The molecule has 0 aliphatic carbocycles. The van der Waals surface area contributed by atoms with Crippen molar-refractivity contribution in [2.45, 2.75) is 18.2 Å². The van der Waals surface area contributed by atoms with Crippen LogP contribution in [-0.2, 0) is 10.1 Å². The summed E-state index contributed by atoms with van der Waals surface area (Å²) in [6, 6.07) is 5.99. The molecular formula is C11H16FNO3S. The summed E-state index contributed by atoms with van der Waals surface area (Å²) in [5, 5.41) is 0. The molecule has 4 nitrogen and oxygen atoms in total. The van der Waals surface area contributed by atoms with Gasteiger partial charge >= 0.3 is 0 Å². The van der Waals surface area contributed by atoms with Gasteiger partial charge in [0.2, 0.25) is 0 Å². The smallest absolute Gasteiger partial charge is 0.282 e. The van der Waals surface area contributed by atoms with Crippen LogP contribution in [-0.4, -0.2) is 37.8 Å². The second-order valence-corrected chi connectivity index (χ2v) is 5.30. The van der Waals surface area contributed by atoms with Crippen molar-refractivity contribution < 1.29 is 17.4 Å². The van der Waals surface area contributed by atoms with E-state index < -0.39 is 10.1 Å². The van der Waals surface area contributed by atoms with Gasteiger partial charge in [0, 0.05) is 13.1 Å². The Bertz CT molecular complexity index is 438.